The second-order valence-corrected chi connectivity index (χ2v) is 8.23. The van der Waals surface area contributed by atoms with Gasteiger partial charge < -0.3 is 0 Å². The van der Waals surface area contributed by atoms with E-state index in [1.54, 1.807) is 0 Å². The summed E-state index contributed by atoms with van der Waals surface area (Å²) in [5, 5.41) is 5.11. The van der Waals surface area contributed by atoms with Crippen molar-refractivity contribution in [2.75, 3.05) is 0 Å². The number of fused-ring (bicyclic) bond motifs is 3. The summed E-state index contributed by atoms with van der Waals surface area (Å²) < 4.78 is 0. The molecule has 1 heterocycles. The smallest absolute Gasteiger partial charge is 0.208 e. The molecule has 1 aromatic heterocycles. The maximum absolute atomic E-state index is 6.29. The van der Waals surface area contributed by atoms with Crippen molar-refractivity contribution in [1.29, 1.82) is 0 Å². The van der Waals surface area contributed by atoms with E-state index < -0.39 is 0 Å². The fraction of sp³-hybridized carbons (Fsp3) is 0. The highest BCUT2D eigenvalue weighted by Gasteiger charge is 2.12. The summed E-state index contributed by atoms with van der Waals surface area (Å²) in [5.41, 5.74) is 4.08. The SMILES string of the molecule is Clc1nc(-c2ccccc2)nc(-c2cccc(-c3cccc4ccc5ccccc5c34)c2)n1. The third kappa shape index (κ3) is 3.63. The Morgan fingerprint density at radius 3 is 2.00 bits per heavy atom. The lowest BCUT2D eigenvalue weighted by molar-refractivity contribution is 1.07. The number of halogens is 1. The number of aromatic nitrogens is 3. The zero-order chi connectivity index (χ0) is 22.2. The van der Waals surface area contributed by atoms with Gasteiger partial charge in [0, 0.05) is 11.1 Å². The third-order valence-corrected chi connectivity index (χ3v) is 6.01. The first-order chi connectivity index (χ1) is 16.3. The first-order valence-electron chi connectivity index (χ1n) is 10.7. The quantitative estimate of drug-likeness (QED) is 0.261. The molecule has 5 aromatic carbocycles. The van der Waals surface area contributed by atoms with Crippen molar-refractivity contribution in [2.45, 2.75) is 0 Å². The van der Waals surface area contributed by atoms with Crippen LogP contribution in [0, 0.1) is 0 Å². The van der Waals surface area contributed by atoms with E-state index in [9.17, 15) is 0 Å². The van der Waals surface area contributed by atoms with Gasteiger partial charge in [-0.2, -0.15) is 9.97 Å². The van der Waals surface area contributed by atoms with Crippen LogP contribution < -0.4 is 0 Å². The summed E-state index contributed by atoms with van der Waals surface area (Å²) >= 11 is 6.29. The first kappa shape index (κ1) is 19.6. The zero-order valence-corrected chi connectivity index (χ0v) is 18.4. The average molecular weight is 444 g/mol. The van der Waals surface area contributed by atoms with Crippen molar-refractivity contribution in [3.8, 4) is 33.9 Å². The Hall–Kier alpha value is -4.08. The molecule has 0 radical (unpaired) electrons. The van der Waals surface area contributed by atoms with E-state index >= 15 is 0 Å². The largest absolute Gasteiger partial charge is 0.226 e. The Bertz CT molecular complexity index is 1630. The average Bonchev–Trinajstić information content (AvgIpc) is 2.88. The maximum atomic E-state index is 6.29. The number of rotatable bonds is 3. The predicted octanol–water partition coefficient (Wildman–Crippen LogP) is 7.83. The fourth-order valence-electron chi connectivity index (χ4n) is 4.32. The van der Waals surface area contributed by atoms with Gasteiger partial charge in [-0.25, -0.2) is 4.98 Å². The van der Waals surface area contributed by atoms with Gasteiger partial charge in [0.05, 0.1) is 0 Å². The molecule has 0 atom stereocenters. The number of hydrogen-bond donors (Lipinski definition) is 0. The lowest BCUT2D eigenvalue weighted by Crippen LogP contribution is -1.97. The van der Waals surface area contributed by atoms with Crippen molar-refractivity contribution < 1.29 is 0 Å². The summed E-state index contributed by atoms with van der Waals surface area (Å²) in [6.45, 7) is 0. The second kappa shape index (κ2) is 8.12. The van der Waals surface area contributed by atoms with Crippen molar-refractivity contribution in [3.63, 3.8) is 0 Å². The molecule has 0 fully saturated rings. The van der Waals surface area contributed by atoms with Crippen LogP contribution in [0.5, 0.6) is 0 Å². The third-order valence-electron chi connectivity index (χ3n) is 5.84. The Balaban J connectivity index is 1.53. The Labute approximate surface area is 196 Å². The van der Waals surface area contributed by atoms with Crippen molar-refractivity contribution in [2.24, 2.45) is 0 Å². The molecule has 0 spiro atoms. The molecule has 0 amide bonds. The van der Waals surface area contributed by atoms with E-state index in [-0.39, 0.29) is 5.28 Å². The van der Waals surface area contributed by atoms with Crippen LogP contribution in [0.1, 0.15) is 0 Å². The Morgan fingerprint density at radius 1 is 0.485 bits per heavy atom. The molecule has 33 heavy (non-hydrogen) atoms. The second-order valence-electron chi connectivity index (χ2n) is 7.89. The molecule has 0 aliphatic carbocycles. The minimum absolute atomic E-state index is 0.181. The summed E-state index contributed by atoms with van der Waals surface area (Å²) in [5.74, 6) is 1.12. The van der Waals surface area contributed by atoms with Crippen LogP contribution in [-0.2, 0) is 0 Å². The van der Waals surface area contributed by atoms with Gasteiger partial charge >= 0.3 is 0 Å². The van der Waals surface area contributed by atoms with Gasteiger partial charge in [-0.05, 0) is 50.3 Å². The van der Waals surface area contributed by atoms with E-state index in [0.717, 1.165) is 16.7 Å². The molecule has 0 unspecified atom stereocenters. The highest BCUT2D eigenvalue weighted by atomic mass is 35.5. The molecule has 6 rings (SSSR count). The standard InChI is InChI=1S/C29H18ClN3/c30-29-32-27(21-9-2-1-3-10-21)31-28(33-29)23-13-6-12-22(18-23)25-15-7-11-20-17-16-19-8-4-5-14-24(19)26(20)25/h1-18H. The molecule has 0 aliphatic heterocycles. The van der Waals surface area contributed by atoms with Crippen LogP contribution in [0.4, 0.5) is 0 Å². The molecule has 0 saturated carbocycles. The van der Waals surface area contributed by atoms with Gasteiger partial charge in [-0.1, -0.05) is 103 Å². The first-order valence-corrected chi connectivity index (χ1v) is 11.1. The van der Waals surface area contributed by atoms with Gasteiger partial charge in [-0.15, -0.1) is 0 Å². The van der Waals surface area contributed by atoms with Gasteiger partial charge in [0.1, 0.15) is 0 Å². The van der Waals surface area contributed by atoms with Crippen LogP contribution in [0.2, 0.25) is 5.28 Å². The minimum atomic E-state index is 0.181. The molecule has 4 heteroatoms. The minimum Gasteiger partial charge on any atom is -0.208 e. The Kier molecular flexibility index (Phi) is 4.82. The van der Waals surface area contributed by atoms with Gasteiger partial charge in [-0.3, -0.25) is 0 Å². The van der Waals surface area contributed by atoms with Gasteiger partial charge in [0.2, 0.25) is 5.28 Å². The highest BCUT2D eigenvalue weighted by molar-refractivity contribution is 6.28. The number of benzene rings is 5. The molecule has 0 bridgehead atoms. The molecule has 0 saturated heterocycles. The topological polar surface area (TPSA) is 38.7 Å². The normalized spacial score (nSPS) is 11.2. The zero-order valence-electron chi connectivity index (χ0n) is 17.6. The summed E-state index contributed by atoms with van der Waals surface area (Å²) in [7, 11) is 0. The lowest BCUT2D eigenvalue weighted by Gasteiger charge is -2.12. The summed E-state index contributed by atoms with van der Waals surface area (Å²) in [6, 6.07) is 37.4. The fourth-order valence-corrected chi connectivity index (χ4v) is 4.48. The summed E-state index contributed by atoms with van der Waals surface area (Å²) in [6.07, 6.45) is 0. The van der Waals surface area contributed by atoms with Crippen molar-refractivity contribution in [1.82, 2.24) is 15.0 Å². The van der Waals surface area contributed by atoms with Crippen LogP contribution in [-0.4, -0.2) is 15.0 Å². The lowest BCUT2D eigenvalue weighted by atomic mass is 9.93. The van der Waals surface area contributed by atoms with E-state index in [2.05, 4.69) is 76.7 Å². The number of hydrogen-bond acceptors (Lipinski definition) is 3. The molecule has 156 valence electrons. The number of nitrogens with zero attached hydrogens (tertiary/aromatic N) is 3. The summed E-state index contributed by atoms with van der Waals surface area (Å²) in [4.78, 5) is 13.5. The van der Waals surface area contributed by atoms with Crippen molar-refractivity contribution in [3.05, 3.63) is 114 Å². The van der Waals surface area contributed by atoms with Crippen molar-refractivity contribution >= 4 is 33.1 Å². The molecule has 6 aromatic rings. The molecule has 3 nitrogen and oxygen atoms in total. The Morgan fingerprint density at radius 2 is 1.12 bits per heavy atom. The van der Waals surface area contributed by atoms with Crippen LogP contribution in [0.15, 0.2) is 109 Å². The van der Waals surface area contributed by atoms with Crippen LogP contribution in [0.25, 0.3) is 55.4 Å². The molecule has 0 N–H and O–H groups in total. The van der Waals surface area contributed by atoms with E-state index in [0.29, 0.717) is 11.6 Å². The monoisotopic (exact) mass is 443 g/mol. The molecular weight excluding hydrogens is 426 g/mol. The molecular formula is C29H18ClN3. The predicted molar refractivity (Wildman–Crippen MR) is 136 cm³/mol. The van der Waals surface area contributed by atoms with Crippen LogP contribution in [0.3, 0.4) is 0 Å². The van der Waals surface area contributed by atoms with Crippen LogP contribution >= 0.6 is 11.6 Å². The highest BCUT2D eigenvalue weighted by Crippen LogP contribution is 2.35. The van der Waals surface area contributed by atoms with Gasteiger partial charge in [0.15, 0.2) is 11.6 Å². The molecule has 0 aliphatic rings. The van der Waals surface area contributed by atoms with E-state index in [1.807, 2.05) is 42.5 Å². The van der Waals surface area contributed by atoms with E-state index in [4.69, 9.17) is 16.6 Å². The maximum Gasteiger partial charge on any atom is 0.226 e. The van der Waals surface area contributed by atoms with Gasteiger partial charge in [0.25, 0.3) is 0 Å². The van der Waals surface area contributed by atoms with E-state index in [1.165, 1.54) is 27.1 Å².